The molecule has 1 amide bonds. The number of thiophene rings is 1. The fourth-order valence-electron chi connectivity index (χ4n) is 3.30. The molecule has 0 radical (unpaired) electrons. The van der Waals surface area contributed by atoms with Crippen LogP contribution in [0, 0.1) is 0 Å². The molecule has 0 fully saturated rings. The lowest BCUT2D eigenvalue weighted by Crippen LogP contribution is -2.44. The average Bonchev–Trinajstić information content (AvgIpc) is 3.13. The van der Waals surface area contributed by atoms with E-state index in [1.165, 1.54) is 10.4 Å². The first kappa shape index (κ1) is 16.2. The molecule has 2 aromatic heterocycles. The second kappa shape index (κ2) is 6.94. The molecule has 3 heterocycles. The number of pyridine rings is 1. The summed E-state index contributed by atoms with van der Waals surface area (Å²) in [6.45, 7) is 4.83. The fourth-order valence-corrected chi connectivity index (χ4v) is 4.19. The molecule has 4 rings (SSSR count). The van der Waals surface area contributed by atoms with Crippen molar-refractivity contribution >= 4 is 28.1 Å². The Hall–Kier alpha value is -2.24. The lowest BCUT2D eigenvalue weighted by molar-refractivity contribution is 0.0928. The van der Waals surface area contributed by atoms with E-state index in [0.29, 0.717) is 18.3 Å². The number of amides is 1. The van der Waals surface area contributed by atoms with Crippen molar-refractivity contribution in [2.24, 2.45) is 0 Å². The Morgan fingerprint density at radius 3 is 3.08 bits per heavy atom. The monoisotopic (exact) mass is 351 g/mol. The molecule has 0 saturated carbocycles. The van der Waals surface area contributed by atoms with E-state index in [2.05, 4.69) is 33.6 Å². The van der Waals surface area contributed by atoms with Crippen molar-refractivity contribution in [1.29, 1.82) is 0 Å². The summed E-state index contributed by atoms with van der Waals surface area (Å²) in [5.74, 6) is -0.106. The van der Waals surface area contributed by atoms with Crippen LogP contribution in [0.3, 0.4) is 0 Å². The summed E-state index contributed by atoms with van der Waals surface area (Å²) in [4.78, 5) is 20.8. The molecule has 1 aliphatic heterocycles. The lowest BCUT2D eigenvalue weighted by Gasteiger charge is -2.32. The second-order valence-corrected chi connectivity index (χ2v) is 7.54. The van der Waals surface area contributed by atoms with Crippen LogP contribution in [0.1, 0.15) is 27.9 Å². The average molecular weight is 351 g/mol. The minimum atomic E-state index is -0.106. The maximum atomic E-state index is 12.4. The van der Waals surface area contributed by atoms with Crippen LogP contribution in [0.25, 0.3) is 10.9 Å². The van der Waals surface area contributed by atoms with Gasteiger partial charge in [-0.15, -0.1) is 11.3 Å². The summed E-state index contributed by atoms with van der Waals surface area (Å²) >= 11 is 1.85. The van der Waals surface area contributed by atoms with Crippen LogP contribution in [-0.4, -0.2) is 34.9 Å². The first-order valence-electron chi connectivity index (χ1n) is 8.64. The third-order valence-corrected chi connectivity index (χ3v) is 5.87. The Bertz CT molecular complexity index is 905. The predicted molar refractivity (Wildman–Crippen MR) is 102 cm³/mol. The van der Waals surface area contributed by atoms with Crippen molar-refractivity contribution in [3.8, 4) is 0 Å². The quantitative estimate of drug-likeness (QED) is 0.783. The molecule has 0 saturated heterocycles. The Morgan fingerprint density at radius 1 is 1.28 bits per heavy atom. The number of carbonyl (C=O) groups excluding carboxylic acids is 1. The number of fused-ring (bicyclic) bond motifs is 2. The maximum absolute atomic E-state index is 12.4. The van der Waals surface area contributed by atoms with E-state index in [-0.39, 0.29) is 5.91 Å². The van der Waals surface area contributed by atoms with Crippen molar-refractivity contribution < 1.29 is 4.79 Å². The van der Waals surface area contributed by atoms with E-state index < -0.39 is 0 Å². The van der Waals surface area contributed by atoms with Gasteiger partial charge >= 0.3 is 0 Å². The van der Waals surface area contributed by atoms with Gasteiger partial charge in [-0.1, -0.05) is 24.3 Å². The number of carbonyl (C=O) groups is 1. The van der Waals surface area contributed by atoms with Gasteiger partial charge in [0.2, 0.25) is 0 Å². The Labute approximate surface area is 151 Å². The second-order valence-electron chi connectivity index (χ2n) is 6.54. The summed E-state index contributed by atoms with van der Waals surface area (Å²) < 4.78 is 0. The highest BCUT2D eigenvalue weighted by Gasteiger charge is 2.22. The van der Waals surface area contributed by atoms with Gasteiger partial charge in [0.1, 0.15) is 5.69 Å². The van der Waals surface area contributed by atoms with Crippen molar-refractivity contribution in [2.45, 2.75) is 25.9 Å². The van der Waals surface area contributed by atoms with E-state index in [9.17, 15) is 4.79 Å². The number of aromatic nitrogens is 1. The normalized spacial score (nSPS) is 15.7. The Kier molecular flexibility index (Phi) is 4.51. The third kappa shape index (κ3) is 3.43. The maximum Gasteiger partial charge on any atom is 0.269 e. The zero-order chi connectivity index (χ0) is 17.2. The van der Waals surface area contributed by atoms with Gasteiger partial charge in [0.25, 0.3) is 5.91 Å². The van der Waals surface area contributed by atoms with Crippen LogP contribution in [0.15, 0.2) is 47.8 Å². The first-order valence-corrected chi connectivity index (χ1v) is 9.52. The summed E-state index contributed by atoms with van der Waals surface area (Å²) in [7, 11) is 0. The van der Waals surface area contributed by atoms with Gasteiger partial charge in [0, 0.05) is 35.9 Å². The molecule has 3 aromatic rings. The molecule has 25 heavy (non-hydrogen) atoms. The molecular weight excluding hydrogens is 330 g/mol. The number of para-hydroxylation sites is 1. The van der Waals surface area contributed by atoms with E-state index in [1.54, 1.807) is 6.07 Å². The number of hydrogen-bond acceptors (Lipinski definition) is 4. The van der Waals surface area contributed by atoms with Gasteiger partial charge in [-0.3, -0.25) is 9.69 Å². The summed E-state index contributed by atoms with van der Waals surface area (Å²) in [6, 6.07) is 14.1. The molecule has 0 unspecified atom stereocenters. The zero-order valence-electron chi connectivity index (χ0n) is 14.2. The molecule has 1 aliphatic rings. The smallest absolute Gasteiger partial charge is 0.269 e. The van der Waals surface area contributed by atoms with Gasteiger partial charge in [-0.2, -0.15) is 0 Å². The van der Waals surface area contributed by atoms with Crippen LogP contribution < -0.4 is 5.32 Å². The summed E-state index contributed by atoms with van der Waals surface area (Å²) in [5.41, 5.74) is 2.76. The van der Waals surface area contributed by atoms with Crippen molar-refractivity contribution in [3.63, 3.8) is 0 Å². The zero-order valence-corrected chi connectivity index (χ0v) is 15.1. The molecule has 5 heteroatoms. The topological polar surface area (TPSA) is 45.2 Å². The molecular formula is C20H21N3OS. The van der Waals surface area contributed by atoms with Gasteiger partial charge < -0.3 is 5.32 Å². The fraction of sp³-hybridized carbons (Fsp3) is 0.300. The Balaban J connectivity index is 1.38. The molecule has 128 valence electrons. The number of nitrogens with one attached hydrogen (secondary N) is 1. The molecule has 4 nitrogen and oxygen atoms in total. The van der Waals surface area contributed by atoms with Crippen molar-refractivity contribution in [1.82, 2.24) is 15.2 Å². The first-order chi connectivity index (χ1) is 12.2. The highest BCUT2D eigenvalue weighted by molar-refractivity contribution is 7.10. The molecule has 0 bridgehead atoms. The number of rotatable bonds is 4. The Morgan fingerprint density at radius 2 is 2.16 bits per heavy atom. The van der Waals surface area contributed by atoms with Gasteiger partial charge in [-0.05, 0) is 42.5 Å². The predicted octanol–water partition coefficient (Wildman–Crippen LogP) is 3.47. The van der Waals surface area contributed by atoms with Crippen LogP contribution in [0.2, 0.25) is 0 Å². The van der Waals surface area contributed by atoms with E-state index in [0.717, 1.165) is 30.4 Å². The minimum Gasteiger partial charge on any atom is -0.349 e. The SMILES string of the molecule is C[C@@H](CNC(=O)c1ccc2ccccc2n1)N1CCc2sccc2C1. The number of benzene rings is 1. The largest absolute Gasteiger partial charge is 0.349 e. The highest BCUT2D eigenvalue weighted by atomic mass is 32.1. The van der Waals surface area contributed by atoms with E-state index in [4.69, 9.17) is 0 Å². The van der Waals surface area contributed by atoms with Crippen molar-refractivity contribution in [3.05, 3.63) is 64.0 Å². The van der Waals surface area contributed by atoms with E-state index in [1.807, 2.05) is 41.7 Å². The van der Waals surface area contributed by atoms with Crippen LogP contribution in [0.5, 0.6) is 0 Å². The van der Waals surface area contributed by atoms with Crippen molar-refractivity contribution in [2.75, 3.05) is 13.1 Å². The van der Waals surface area contributed by atoms with Gasteiger partial charge in [0.15, 0.2) is 0 Å². The highest BCUT2D eigenvalue weighted by Crippen LogP contribution is 2.25. The lowest BCUT2D eigenvalue weighted by atomic mass is 10.1. The number of hydrogen-bond donors (Lipinski definition) is 1. The van der Waals surface area contributed by atoms with Gasteiger partial charge in [0.05, 0.1) is 5.52 Å². The summed E-state index contributed by atoms with van der Waals surface area (Å²) in [5, 5.41) is 6.26. The van der Waals surface area contributed by atoms with Gasteiger partial charge in [-0.25, -0.2) is 4.98 Å². The molecule has 0 aliphatic carbocycles. The molecule has 1 atom stereocenters. The minimum absolute atomic E-state index is 0.106. The summed E-state index contributed by atoms with van der Waals surface area (Å²) in [6.07, 6.45) is 1.11. The standard InChI is InChI=1S/C20H21N3OS/c1-14(23-10-8-19-16(13-23)9-11-25-19)12-21-20(24)18-7-6-15-4-2-3-5-17(15)22-18/h2-7,9,11,14H,8,10,12-13H2,1H3,(H,21,24)/t14-/m0/s1. The van der Waals surface area contributed by atoms with Crippen LogP contribution in [-0.2, 0) is 13.0 Å². The molecule has 0 spiro atoms. The van der Waals surface area contributed by atoms with Crippen LogP contribution >= 0.6 is 11.3 Å². The third-order valence-electron chi connectivity index (χ3n) is 4.85. The van der Waals surface area contributed by atoms with Crippen LogP contribution in [0.4, 0.5) is 0 Å². The molecule has 1 N–H and O–H groups in total. The van der Waals surface area contributed by atoms with E-state index >= 15 is 0 Å². The molecule has 1 aromatic carbocycles. The number of nitrogens with zero attached hydrogens (tertiary/aromatic N) is 2.